The number of allylic oxidation sites excluding steroid dienone is 1. The molecule has 3 unspecified atom stereocenters. The Hall–Kier alpha value is -0.300. The maximum atomic E-state index is 3.83. The maximum absolute atomic E-state index is 3.83. The third-order valence-electron chi connectivity index (χ3n) is 4.55. The van der Waals surface area contributed by atoms with E-state index in [1.54, 1.807) is 5.57 Å². The second-order valence-corrected chi connectivity index (χ2v) is 6.13. The summed E-state index contributed by atoms with van der Waals surface area (Å²) < 4.78 is 0. The minimum Gasteiger partial charge on any atom is -0.310 e. The first-order valence-corrected chi connectivity index (χ1v) is 7.73. The molecule has 0 radical (unpaired) electrons. The molecule has 2 aliphatic carbocycles. The second-order valence-electron chi connectivity index (χ2n) is 6.13. The molecular formula is C16H29N. The van der Waals surface area contributed by atoms with Crippen LogP contribution in [0.15, 0.2) is 11.6 Å². The summed E-state index contributed by atoms with van der Waals surface area (Å²) in [4.78, 5) is 0. The topological polar surface area (TPSA) is 12.0 Å². The van der Waals surface area contributed by atoms with Crippen molar-refractivity contribution in [3.8, 4) is 0 Å². The average Bonchev–Trinajstić information content (AvgIpc) is 2.78. The van der Waals surface area contributed by atoms with Gasteiger partial charge in [-0.1, -0.05) is 31.9 Å². The van der Waals surface area contributed by atoms with E-state index < -0.39 is 0 Å². The molecule has 3 atom stereocenters. The number of hydrogen-bond acceptors (Lipinski definition) is 1. The van der Waals surface area contributed by atoms with Crippen molar-refractivity contribution in [2.45, 2.75) is 71.3 Å². The molecule has 0 spiro atoms. The van der Waals surface area contributed by atoms with E-state index in [1.165, 1.54) is 57.9 Å². The fourth-order valence-electron chi connectivity index (χ4n) is 3.60. The Morgan fingerprint density at radius 2 is 2.24 bits per heavy atom. The highest BCUT2D eigenvalue weighted by molar-refractivity contribution is 5.15. The lowest BCUT2D eigenvalue weighted by Gasteiger charge is -2.29. The van der Waals surface area contributed by atoms with Gasteiger partial charge in [0.1, 0.15) is 0 Å². The Kier molecular flexibility index (Phi) is 5.09. The lowest BCUT2D eigenvalue weighted by atomic mass is 9.85. The van der Waals surface area contributed by atoms with E-state index in [4.69, 9.17) is 0 Å². The fourth-order valence-corrected chi connectivity index (χ4v) is 3.60. The van der Waals surface area contributed by atoms with Gasteiger partial charge >= 0.3 is 0 Å². The van der Waals surface area contributed by atoms with Gasteiger partial charge in [0.2, 0.25) is 0 Å². The van der Waals surface area contributed by atoms with Crippen molar-refractivity contribution in [2.24, 2.45) is 11.8 Å². The highest BCUT2D eigenvalue weighted by atomic mass is 14.9. The Balaban J connectivity index is 1.99. The van der Waals surface area contributed by atoms with Crippen LogP contribution in [0.2, 0.25) is 0 Å². The van der Waals surface area contributed by atoms with Crippen LogP contribution in [-0.2, 0) is 0 Å². The second kappa shape index (κ2) is 6.58. The third-order valence-corrected chi connectivity index (χ3v) is 4.55. The van der Waals surface area contributed by atoms with E-state index in [2.05, 4.69) is 25.2 Å². The van der Waals surface area contributed by atoms with Gasteiger partial charge in [-0.25, -0.2) is 0 Å². The van der Waals surface area contributed by atoms with Crippen LogP contribution < -0.4 is 5.32 Å². The lowest BCUT2D eigenvalue weighted by molar-refractivity contribution is 0.375. The monoisotopic (exact) mass is 235 g/mol. The summed E-state index contributed by atoms with van der Waals surface area (Å²) in [6, 6.07) is 0.709. The molecule has 1 fully saturated rings. The summed E-state index contributed by atoms with van der Waals surface area (Å²) >= 11 is 0. The minimum absolute atomic E-state index is 0.709. The van der Waals surface area contributed by atoms with E-state index in [0.717, 1.165) is 11.8 Å². The summed E-state index contributed by atoms with van der Waals surface area (Å²) in [5, 5.41) is 3.83. The molecule has 98 valence electrons. The van der Waals surface area contributed by atoms with Crippen LogP contribution >= 0.6 is 0 Å². The lowest BCUT2D eigenvalue weighted by Crippen LogP contribution is -2.38. The van der Waals surface area contributed by atoms with Gasteiger partial charge in [-0.15, -0.1) is 0 Å². The van der Waals surface area contributed by atoms with Crippen LogP contribution in [0, 0.1) is 11.8 Å². The van der Waals surface area contributed by atoms with Crippen molar-refractivity contribution in [1.82, 2.24) is 5.32 Å². The molecule has 0 aromatic rings. The van der Waals surface area contributed by atoms with Gasteiger partial charge in [0.15, 0.2) is 0 Å². The number of nitrogens with one attached hydrogen (secondary N) is 1. The number of hydrogen-bond donors (Lipinski definition) is 1. The molecular weight excluding hydrogens is 206 g/mol. The van der Waals surface area contributed by atoms with Gasteiger partial charge in [0, 0.05) is 6.04 Å². The molecule has 0 aliphatic heterocycles. The molecule has 0 aromatic heterocycles. The Morgan fingerprint density at radius 3 is 2.82 bits per heavy atom. The van der Waals surface area contributed by atoms with Crippen molar-refractivity contribution in [2.75, 3.05) is 6.54 Å². The van der Waals surface area contributed by atoms with Gasteiger partial charge < -0.3 is 5.32 Å². The predicted molar refractivity (Wildman–Crippen MR) is 75.1 cm³/mol. The van der Waals surface area contributed by atoms with Gasteiger partial charge in [0.05, 0.1) is 0 Å². The van der Waals surface area contributed by atoms with E-state index in [9.17, 15) is 0 Å². The van der Waals surface area contributed by atoms with Crippen molar-refractivity contribution in [1.29, 1.82) is 0 Å². The summed E-state index contributed by atoms with van der Waals surface area (Å²) in [6.45, 7) is 5.88. The van der Waals surface area contributed by atoms with E-state index in [0.29, 0.717) is 6.04 Å². The zero-order valence-corrected chi connectivity index (χ0v) is 11.7. The molecule has 17 heavy (non-hydrogen) atoms. The van der Waals surface area contributed by atoms with E-state index in [-0.39, 0.29) is 0 Å². The van der Waals surface area contributed by atoms with Gasteiger partial charge in [-0.05, 0) is 63.3 Å². The largest absolute Gasteiger partial charge is 0.310 e. The van der Waals surface area contributed by atoms with Crippen LogP contribution in [0.5, 0.6) is 0 Å². The molecule has 0 bridgehead atoms. The smallest absolute Gasteiger partial charge is 0.0307 e. The minimum atomic E-state index is 0.709. The highest BCUT2D eigenvalue weighted by Gasteiger charge is 2.30. The first kappa shape index (κ1) is 13.1. The Labute approximate surface area is 107 Å². The summed E-state index contributed by atoms with van der Waals surface area (Å²) in [5.41, 5.74) is 1.74. The Morgan fingerprint density at radius 1 is 1.35 bits per heavy atom. The van der Waals surface area contributed by atoms with Crippen molar-refractivity contribution >= 4 is 0 Å². The molecule has 1 saturated carbocycles. The fraction of sp³-hybridized carbons (Fsp3) is 0.875. The summed E-state index contributed by atoms with van der Waals surface area (Å²) in [6.07, 6.45) is 13.6. The third kappa shape index (κ3) is 3.58. The van der Waals surface area contributed by atoms with Crippen LogP contribution in [0.4, 0.5) is 0 Å². The SMILES string of the molecule is CCCNC(C1=CCCCC1)C1CCC(C)C1. The van der Waals surface area contributed by atoms with Crippen molar-refractivity contribution in [3.05, 3.63) is 11.6 Å². The number of rotatable bonds is 5. The summed E-state index contributed by atoms with van der Waals surface area (Å²) in [5.74, 6) is 1.87. The zero-order valence-electron chi connectivity index (χ0n) is 11.7. The molecule has 1 heteroatoms. The molecule has 1 N–H and O–H groups in total. The van der Waals surface area contributed by atoms with Crippen molar-refractivity contribution < 1.29 is 0 Å². The van der Waals surface area contributed by atoms with Crippen LogP contribution in [0.3, 0.4) is 0 Å². The first-order valence-electron chi connectivity index (χ1n) is 7.73. The standard InChI is InChI=1S/C16H29N/c1-3-11-17-16(14-7-5-4-6-8-14)15-10-9-13(2)12-15/h7,13,15-17H,3-6,8-12H2,1-2H3. The van der Waals surface area contributed by atoms with Crippen LogP contribution in [0.25, 0.3) is 0 Å². The molecule has 1 nitrogen and oxygen atoms in total. The van der Waals surface area contributed by atoms with E-state index in [1.807, 2.05) is 0 Å². The maximum Gasteiger partial charge on any atom is 0.0307 e. The molecule has 0 saturated heterocycles. The van der Waals surface area contributed by atoms with Crippen LogP contribution in [-0.4, -0.2) is 12.6 Å². The Bertz CT molecular complexity index is 256. The molecule has 0 aromatic carbocycles. The molecule has 2 rings (SSSR count). The zero-order chi connectivity index (χ0) is 12.1. The molecule has 0 amide bonds. The predicted octanol–water partition coefficient (Wildman–Crippen LogP) is 4.29. The van der Waals surface area contributed by atoms with Gasteiger partial charge in [0.25, 0.3) is 0 Å². The quantitative estimate of drug-likeness (QED) is 0.701. The van der Waals surface area contributed by atoms with Crippen LogP contribution in [0.1, 0.15) is 65.2 Å². The van der Waals surface area contributed by atoms with Crippen molar-refractivity contribution in [3.63, 3.8) is 0 Å². The average molecular weight is 235 g/mol. The summed E-state index contributed by atoms with van der Waals surface area (Å²) in [7, 11) is 0. The molecule has 0 heterocycles. The van der Waals surface area contributed by atoms with Gasteiger partial charge in [-0.2, -0.15) is 0 Å². The first-order chi connectivity index (χ1) is 8.31. The molecule has 2 aliphatic rings. The van der Waals surface area contributed by atoms with E-state index >= 15 is 0 Å². The highest BCUT2D eigenvalue weighted by Crippen LogP contribution is 2.36. The van der Waals surface area contributed by atoms with Gasteiger partial charge in [-0.3, -0.25) is 0 Å². The normalized spacial score (nSPS) is 31.3.